The van der Waals surface area contributed by atoms with Gasteiger partial charge in [-0.15, -0.1) is 0 Å². The van der Waals surface area contributed by atoms with Crippen LogP contribution >= 0.6 is 11.6 Å². The first-order chi connectivity index (χ1) is 7.65. The minimum atomic E-state index is 0.214. The van der Waals surface area contributed by atoms with Gasteiger partial charge in [0.1, 0.15) is 5.15 Å². The molecule has 1 amide bonds. The summed E-state index contributed by atoms with van der Waals surface area (Å²) in [5.74, 6) is 0.214. The minimum Gasteiger partial charge on any atom is -0.380 e. The number of aromatic nitrogens is 1. The second-order valence-corrected chi connectivity index (χ2v) is 4.41. The van der Waals surface area contributed by atoms with Crippen molar-refractivity contribution in [3.8, 4) is 0 Å². The average Bonchev–Trinajstić information content (AvgIpc) is 2.24. The third-order valence-corrected chi connectivity index (χ3v) is 2.93. The highest BCUT2D eigenvalue weighted by Crippen LogP contribution is 2.17. The number of pyridine rings is 1. The molecule has 2 rings (SSSR count). The number of carbonyl (C=O) groups excluding carboxylic acids is 1. The Labute approximate surface area is 99.6 Å². The van der Waals surface area contributed by atoms with Crippen molar-refractivity contribution in [2.75, 3.05) is 18.9 Å². The molecule has 0 saturated carbocycles. The number of likely N-dealkylation sites (tertiary alicyclic amines) is 1. The van der Waals surface area contributed by atoms with Crippen LogP contribution in [0, 0.1) is 0 Å². The van der Waals surface area contributed by atoms with Gasteiger partial charge in [0.2, 0.25) is 5.91 Å². The van der Waals surface area contributed by atoms with Crippen molar-refractivity contribution >= 4 is 23.2 Å². The van der Waals surface area contributed by atoms with Crippen molar-refractivity contribution in [1.82, 2.24) is 9.88 Å². The number of hydrogen-bond acceptors (Lipinski definition) is 3. The standard InChI is InChI=1S/C11H14ClN3O/c1-15-7-9(2-3-11(15)16)14-8-4-5-13-10(12)6-8/h4-6,9H,2-3,7H2,1H3,(H,13,14). The van der Waals surface area contributed by atoms with E-state index >= 15 is 0 Å². The number of hydrogen-bond donors (Lipinski definition) is 1. The molecule has 0 bridgehead atoms. The van der Waals surface area contributed by atoms with Gasteiger partial charge in [-0.1, -0.05) is 11.6 Å². The summed E-state index contributed by atoms with van der Waals surface area (Å²) in [7, 11) is 1.83. The van der Waals surface area contributed by atoms with Gasteiger partial charge in [-0.2, -0.15) is 0 Å². The molecule has 16 heavy (non-hydrogen) atoms. The maximum Gasteiger partial charge on any atom is 0.222 e. The first-order valence-corrected chi connectivity index (χ1v) is 5.65. The SMILES string of the molecule is CN1CC(Nc2ccnc(Cl)c2)CCC1=O. The fourth-order valence-corrected chi connectivity index (χ4v) is 2.03. The third kappa shape index (κ3) is 2.64. The van der Waals surface area contributed by atoms with Crippen molar-refractivity contribution in [2.45, 2.75) is 18.9 Å². The molecule has 1 saturated heterocycles. The molecule has 1 aromatic heterocycles. The van der Waals surface area contributed by atoms with Crippen molar-refractivity contribution < 1.29 is 4.79 Å². The number of carbonyl (C=O) groups is 1. The lowest BCUT2D eigenvalue weighted by Crippen LogP contribution is -2.43. The predicted octanol–water partition coefficient (Wildman–Crippen LogP) is 1.77. The van der Waals surface area contributed by atoms with Crippen LogP contribution in [0.5, 0.6) is 0 Å². The van der Waals surface area contributed by atoms with Gasteiger partial charge >= 0.3 is 0 Å². The molecule has 1 aliphatic rings. The Morgan fingerprint density at radius 1 is 1.62 bits per heavy atom. The average molecular weight is 240 g/mol. The van der Waals surface area contributed by atoms with Crippen LogP contribution in [0.4, 0.5) is 5.69 Å². The van der Waals surface area contributed by atoms with E-state index in [1.807, 2.05) is 13.1 Å². The Hall–Kier alpha value is -1.29. The van der Waals surface area contributed by atoms with Gasteiger partial charge in [0.15, 0.2) is 0 Å². The molecule has 1 unspecified atom stereocenters. The first kappa shape index (κ1) is 11.2. The number of rotatable bonds is 2. The normalized spacial score (nSPS) is 21.0. The van der Waals surface area contributed by atoms with Gasteiger partial charge < -0.3 is 10.2 Å². The van der Waals surface area contributed by atoms with Crippen molar-refractivity contribution in [1.29, 1.82) is 0 Å². The number of piperidine rings is 1. The number of likely N-dealkylation sites (N-methyl/N-ethyl adjacent to an activating group) is 1. The highest BCUT2D eigenvalue weighted by Gasteiger charge is 2.22. The molecule has 0 aliphatic carbocycles. The highest BCUT2D eigenvalue weighted by molar-refractivity contribution is 6.29. The van der Waals surface area contributed by atoms with Gasteiger partial charge in [-0.25, -0.2) is 4.98 Å². The zero-order valence-corrected chi connectivity index (χ0v) is 9.87. The summed E-state index contributed by atoms with van der Waals surface area (Å²) >= 11 is 5.80. The molecular formula is C11H14ClN3O. The quantitative estimate of drug-likeness (QED) is 0.800. The Bertz CT molecular complexity index is 397. The fraction of sp³-hybridized carbons (Fsp3) is 0.455. The molecule has 86 valence electrons. The van der Waals surface area contributed by atoms with Crippen LogP contribution in [0.25, 0.3) is 0 Å². The van der Waals surface area contributed by atoms with E-state index in [4.69, 9.17) is 11.6 Å². The molecule has 0 spiro atoms. The highest BCUT2D eigenvalue weighted by atomic mass is 35.5. The van der Waals surface area contributed by atoms with E-state index in [2.05, 4.69) is 10.3 Å². The van der Waals surface area contributed by atoms with Crippen molar-refractivity contribution in [3.63, 3.8) is 0 Å². The van der Waals surface area contributed by atoms with E-state index < -0.39 is 0 Å². The molecule has 5 heteroatoms. The van der Waals surface area contributed by atoms with Crippen LogP contribution in [0.15, 0.2) is 18.3 Å². The lowest BCUT2D eigenvalue weighted by Gasteiger charge is -2.30. The first-order valence-electron chi connectivity index (χ1n) is 5.27. The summed E-state index contributed by atoms with van der Waals surface area (Å²) in [6, 6.07) is 3.96. The number of anilines is 1. The van der Waals surface area contributed by atoms with Crippen molar-refractivity contribution in [3.05, 3.63) is 23.5 Å². The molecule has 1 aromatic rings. The second-order valence-electron chi connectivity index (χ2n) is 4.02. The number of nitrogens with zero attached hydrogens (tertiary/aromatic N) is 2. The van der Waals surface area contributed by atoms with Crippen LogP contribution in [0.3, 0.4) is 0 Å². The molecule has 2 heterocycles. The smallest absolute Gasteiger partial charge is 0.222 e. The van der Waals surface area contributed by atoms with Crippen LogP contribution in [0.2, 0.25) is 5.15 Å². The third-order valence-electron chi connectivity index (χ3n) is 2.72. The second kappa shape index (κ2) is 4.70. The van der Waals surface area contributed by atoms with Crippen LogP contribution in [-0.2, 0) is 4.79 Å². The summed E-state index contributed by atoms with van der Waals surface area (Å²) in [4.78, 5) is 17.0. The number of halogens is 1. The van der Waals surface area contributed by atoms with E-state index in [1.54, 1.807) is 17.2 Å². The van der Waals surface area contributed by atoms with Gasteiger partial charge in [0.25, 0.3) is 0 Å². The molecule has 1 N–H and O–H groups in total. The summed E-state index contributed by atoms with van der Waals surface area (Å²) in [6.45, 7) is 0.735. The monoisotopic (exact) mass is 239 g/mol. The van der Waals surface area contributed by atoms with E-state index in [9.17, 15) is 4.79 Å². The van der Waals surface area contributed by atoms with Gasteiger partial charge in [0, 0.05) is 37.9 Å². The lowest BCUT2D eigenvalue weighted by molar-refractivity contribution is -0.132. The van der Waals surface area contributed by atoms with E-state index in [-0.39, 0.29) is 5.91 Å². The molecule has 0 radical (unpaired) electrons. The van der Waals surface area contributed by atoms with Crippen LogP contribution in [0.1, 0.15) is 12.8 Å². The van der Waals surface area contributed by atoms with Gasteiger partial charge in [-0.05, 0) is 18.6 Å². The number of nitrogens with one attached hydrogen (secondary N) is 1. The molecule has 0 aromatic carbocycles. The Kier molecular flexibility index (Phi) is 3.29. The zero-order chi connectivity index (χ0) is 11.5. The van der Waals surface area contributed by atoms with E-state index in [0.29, 0.717) is 17.6 Å². The van der Waals surface area contributed by atoms with Gasteiger partial charge in [-0.3, -0.25) is 4.79 Å². The molecule has 1 aliphatic heterocycles. The molecular weight excluding hydrogens is 226 g/mol. The van der Waals surface area contributed by atoms with E-state index in [1.165, 1.54) is 0 Å². The molecule has 4 nitrogen and oxygen atoms in total. The molecule has 1 fully saturated rings. The van der Waals surface area contributed by atoms with E-state index in [0.717, 1.165) is 18.7 Å². The maximum atomic E-state index is 11.3. The topological polar surface area (TPSA) is 45.2 Å². The van der Waals surface area contributed by atoms with Gasteiger partial charge in [0.05, 0.1) is 0 Å². The Morgan fingerprint density at radius 2 is 2.44 bits per heavy atom. The maximum absolute atomic E-state index is 11.3. The summed E-state index contributed by atoms with van der Waals surface area (Å²) < 4.78 is 0. The predicted molar refractivity (Wildman–Crippen MR) is 63.5 cm³/mol. The molecule has 1 atom stereocenters. The summed E-state index contributed by atoms with van der Waals surface area (Å²) in [5.41, 5.74) is 0.952. The van der Waals surface area contributed by atoms with Crippen LogP contribution < -0.4 is 5.32 Å². The Balaban J connectivity index is 1.98. The summed E-state index contributed by atoms with van der Waals surface area (Å²) in [5, 5.41) is 3.83. The lowest BCUT2D eigenvalue weighted by atomic mass is 10.1. The largest absolute Gasteiger partial charge is 0.380 e. The summed E-state index contributed by atoms with van der Waals surface area (Å²) in [6.07, 6.45) is 3.14. The zero-order valence-electron chi connectivity index (χ0n) is 9.11. The van der Waals surface area contributed by atoms with Crippen molar-refractivity contribution in [2.24, 2.45) is 0 Å². The Morgan fingerprint density at radius 3 is 3.12 bits per heavy atom. The van der Waals surface area contributed by atoms with Crippen LogP contribution in [-0.4, -0.2) is 35.4 Å². The number of amides is 1. The minimum absolute atomic E-state index is 0.214. The fourth-order valence-electron chi connectivity index (χ4n) is 1.86.